The molecule has 1 aliphatic rings. The molecule has 25 heavy (non-hydrogen) atoms. The highest BCUT2D eigenvalue weighted by Gasteiger charge is 2.27. The fraction of sp³-hybridized carbons (Fsp3) is 0.316. The smallest absolute Gasteiger partial charge is 0.193 e. The number of aromatic hydroxyl groups is 1. The Morgan fingerprint density at radius 2 is 1.96 bits per heavy atom. The second kappa shape index (κ2) is 6.48. The highest BCUT2D eigenvalue weighted by molar-refractivity contribution is 6.34. The van der Waals surface area contributed by atoms with E-state index in [0.717, 1.165) is 0 Å². The lowest BCUT2D eigenvalue weighted by molar-refractivity contribution is 0.104. The zero-order valence-electron chi connectivity index (χ0n) is 14.5. The van der Waals surface area contributed by atoms with Gasteiger partial charge in [0, 0.05) is 29.0 Å². The van der Waals surface area contributed by atoms with Crippen LogP contribution in [-0.2, 0) is 11.3 Å². The molecule has 1 N–H and O–H groups in total. The van der Waals surface area contributed by atoms with Crippen LogP contribution in [0.25, 0.3) is 10.8 Å². The summed E-state index contributed by atoms with van der Waals surface area (Å²) in [6.45, 7) is 4.07. The highest BCUT2D eigenvalue weighted by Crippen LogP contribution is 2.46. The third kappa shape index (κ3) is 2.78. The van der Waals surface area contributed by atoms with Gasteiger partial charge in [0.05, 0.1) is 30.2 Å². The lowest BCUT2D eigenvalue weighted by atomic mass is 9.95. The molecule has 0 bridgehead atoms. The summed E-state index contributed by atoms with van der Waals surface area (Å²) in [5, 5.41) is 12.1. The quantitative estimate of drug-likeness (QED) is 0.872. The van der Waals surface area contributed by atoms with Gasteiger partial charge in [-0.05, 0) is 6.07 Å². The zero-order chi connectivity index (χ0) is 18.3. The normalized spacial score (nSPS) is 14.0. The molecule has 132 valence electrons. The molecule has 3 rings (SSSR count). The Morgan fingerprint density at radius 1 is 1.24 bits per heavy atom. The predicted molar refractivity (Wildman–Crippen MR) is 95.8 cm³/mol. The van der Waals surface area contributed by atoms with Gasteiger partial charge in [-0.2, -0.15) is 0 Å². The lowest BCUT2D eigenvalue weighted by Crippen LogP contribution is -2.02. The van der Waals surface area contributed by atoms with Crippen molar-refractivity contribution >= 4 is 28.2 Å². The van der Waals surface area contributed by atoms with Gasteiger partial charge in [0.25, 0.3) is 0 Å². The van der Waals surface area contributed by atoms with Crippen molar-refractivity contribution in [3.05, 3.63) is 40.1 Å². The van der Waals surface area contributed by atoms with E-state index in [0.29, 0.717) is 33.6 Å². The summed E-state index contributed by atoms with van der Waals surface area (Å²) in [5.41, 5.74) is 0.787. The van der Waals surface area contributed by atoms with Crippen molar-refractivity contribution in [3.8, 4) is 17.2 Å². The largest absolute Gasteiger partial charge is 0.506 e. The third-order valence-corrected chi connectivity index (χ3v) is 4.54. The Labute approximate surface area is 150 Å². The number of methoxy groups -OCH3 is 2. The molecule has 0 fully saturated rings. The van der Waals surface area contributed by atoms with Crippen LogP contribution < -0.4 is 9.47 Å². The molecule has 0 spiro atoms. The first-order valence-corrected chi connectivity index (χ1v) is 8.24. The van der Waals surface area contributed by atoms with Gasteiger partial charge in [-0.3, -0.25) is 4.79 Å². The van der Waals surface area contributed by atoms with Crippen molar-refractivity contribution in [2.45, 2.75) is 20.5 Å². The summed E-state index contributed by atoms with van der Waals surface area (Å²) in [6.07, 6.45) is 1.43. The first kappa shape index (κ1) is 17.4. The SMILES string of the molecule is COc1cc(Cl)c(OC)c2c(O)c3c(cc12)COC(C(C)C)=CC3=O. The van der Waals surface area contributed by atoms with E-state index in [4.69, 9.17) is 25.8 Å². The first-order chi connectivity index (χ1) is 11.9. The van der Waals surface area contributed by atoms with Crippen LogP contribution >= 0.6 is 11.6 Å². The van der Waals surface area contributed by atoms with Gasteiger partial charge in [0.1, 0.15) is 29.6 Å². The van der Waals surface area contributed by atoms with Crippen LogP contribution in [0.2, 0.25) is 5.02 Å². The Hall–Kier alpha value is -2.40. The number of carbonyl (C=O) groups excluding carboxylic acids is 1. The maximum atomic E-state index is 12.7. The number of allylic oxidation sites excluding steroid dienone is 2. The van der Waals surface area contributed by atoms with E-state index in [-0.39, 0.29) is 34.6 Å². The number of phenols is 1. The molecule has 1 heterocycles. The first-order valence-electron chi connectivity index (χ1n) is 7.86. The molecule has 6 heteroatoms. The van der Waals surface area contributed by atoms with Crippen LogP contribution in [-0.4, -0.2) is 25.1 Å². The molecule has 0 saturated heterocycles. The molecule has 0 aromatic heterocycles. The van der Waals surface area contributed by atoms with E-state index in [2.05, 4.69) is 0 Å². The van der Waals surface area contributed by atoms with Crippen molar-refractivity contribution in [2.24, 2.45) is 5.92 Å². The van der Waals surface area contributed by atoms with Crippen LogP contribution in [0.15, 0.2) is 24.0 Å². The van der Waals surface area contributed by atoms with E-state index in [1.54, 1.807) is 12.1 Å². The van der Waals surface area contributed by atoms with Gasteiger partial charge in [0.2, 0.25) is 0 Å². The summed E-state index contributed by atoms with van der Waals surface area (Å²) in [4.78, 5) is 12.7. The minimum atomic E-state index is -0.309. The molecule has 1 aliphatic heterocycles. The number of hydrogen-bond acceptors (Lipinski definition) is 5. The molecule has 5 nitrogen and oxygen atoms in total. The van der Waals surface area contributed by atoms with E-state index < -0.39 is 0 Å². The van der Waals surface area contributed by atoms with E-state index in [9.17, 15) is 9.90 Å². The van der Waals surface area contributed by atoms with Crippen molar-refractivity contribution in [1.82, 2.24) is 0 Å². The number of benzene rings is 2. The molecule has 0 atom stereocenters. The molecule has 0 aliphatic carbocycles. The number of ether oxygens (including phenoxy) is 3. The standard InChI is InChI=1S/C19H19ClO5/c1-9(2)14-7-13(21)16-10(8-25-14)5-11-15(23-3)6-12(20)19(24-4)17(11)18(16)22/h5-7,9,22H,8H2,1-4H3. The zero-order valence-corrected chi connectivity index (χ0v) is 15.2. The van der Waals surface area contributed by atoms with Crippen molar-refractivity contribution in [3.63, 3.8) is 0 Å². The van der Waals surface area contributed by atoms with Crippen LogP contribution in [0.1, 0.15) is 29.8 Å². The fourth-order valence-electron chi connectivity index (χ4n) is 3.02. The van der Waals surface area contributed by atoms with E-state index in [1.165, 1.54) is 20.3 Å². The average Bonchev–Trinajstić information content (AvgIpc) is 2.74. The fourth-order valence-corrected chi connectivity index (χ4v) is 3.29. The molecular weight excluding hydrogens is 344 g/mol. The maximum Gasteiger partial charge on any atom is 0.193 e. The molecule has 0 amide bonds. The van der Waals surface area contributed by atoms with Gasteiger partial charge in [-0.25, -0.2) is 0 Å². The average molecular weight is 363 g/mol. The van der Waals surface area contributed by atoms with Gasteiger partial charge in [-0.15, -0.1) is 0 Å². The second-order valence-electron chi connectivity index (χ2n) is 6.13. The number of rotatable bonds is 3. The van der Waals surface area contributed by atoms with E-state index in [1.807, 2.05) is 13.8 Å². The van der Waals surface area contributed by atoms with Crippen LogP contribution in [0.3, 0.4) is 0 Å². The van der Waals surface area contributed by atoms with Crippen LogP contribution in [0.5, 0.6) is 17.2 Å². The molecule has 0 saturated carbocycles. The Morgan fingerprint density at radius 3 is 2.56 bits per heavy atom. The molecule has 2 aromatic rings. The van der Waals surface area contributed by atoms with Crippen molar-refractivity contribution < 1.29 is 24.1 Å². The lowest BCUT2D eigenvalue weighted by Gasteiger charge is -2.17. The summed E-state index contributed by atoms with van der Waals surface area (Å²) < 4.78 is 16.5. The number of fused-ring (bicyclic) bond motifs is 2. The number of hydrogen-bond donors (Lipinski definition) is 1. The van der Waals surface area contributed by atoms with Gasteiger partial charge in [0.15, 0.2) is 5.78 Å². The second-order valence-corrected chi connectivity index (χ2v) is 6.54. The van der Waals surface area contributed by atoms with Crippen molar-refractivity contribution in [1.29, 1.82) is 0 Å². The predicted octanol–water partition coefficient (Wildman–Crippen LogP) is 4.47. The summed E-state index contributed by atoms with van der Waals surface area (Å²) in [6, 6.07) is 3.39. The summed E-state index contributed by atoms with van der Waals surface area (Å²) in [5.74, 6) is 0.933. The minimum Gasteiger partial charge on any atom is -0.506 e. The van der Waals surface area contributed by atoms with Crippen LogP contribution in [0, 0.1) is 5.92 Å². The maximum absolute atomic E-state index is 12.7. The molecule has 2 aromatic carbocycles. The Bertz CT molecular complexity index is 899. The monoisotopic (exact) mass is 362 g/mol. The Balaban J connectivity index is 2.37. The summed E-state index contributed by atoms with van der Waals surface area (Å²) in [7, 11) is 2.97. The van der Waals surface area contributed by atoms with Crippen LogP contribution in [0.4, 0.5) is 0 Å². The van der Waals surface area contributed by atoms with E-state index >= 15 is 0 Å². The number of phenolic OH excluding ortho intramolecular Hbond substituents is 1. The minimum absolute atomic E-state index is 0.0633. The van der Waals surface area contributed by atoms with Gasteiger partial charge >= 0.3 is 0 Å². The highest BCUT2D eigenvalue weighted by atomic mass is 35.5. The summed E-state index contributed by atoms with van der Waals surface area (Å²) >= 11 is 6.24. The van der Waals surface area contributed by atoms with Crippen molar-refractivity contribution in [2.75, 3.05) is 14.2 Å². The third-order valence-electron chi connectivity index (χ3n) is 4.26. The molecule has 0 unspecified atom stereocenters. The molecule has 0 radical (unpaired) electrons. The Kier molecular flexibility index (Phi) is 4.52. The van der Waals surface area contributed by atoms with Gasteiger partial charge in [-0.1, -0.05) is 25.4 Å². The number of carbonyl (C=O) groups is 1. The number of halogens is 1. The topological polar surface area (TPSA) is 65.0 Å². The number of ketones is 1. The molecular formula is C19H19ClO5. The van der Waals surface area contributed by atoms with Gasteiger partial charge < -0.3 is 19.3 Å².